The molecule has 0 spiro atoms. The lowest BCUT2D eigenvalue weighted by molar-refractivity contribution is -0.120. The highest BCUT2D eigenvalue weighted by Crippen LogP contribution is 2.37. The maximum Gasteiger partial charge on any atom is 0.220 e. The van der Waals surface area contributed by atoms with Crippen LogP contribution in [0.2, 0.25) is 0 Å². The van der Waals surface area contributed by atoms with Crippen LogP contribution in [0.4, 0.5) is 0 Å². The van der Waals surface area contributed by atoms with Crippen LogP contribution in [0.1, 0.15) is 47.9 Å². The summed E-state index contributed by atoms with van der Waals surface area (Å²) in [7, 11) is 3.12. The van der Waals surface area contributed by atoms with Gasteiger partial charge >= 0.3 is 0 Å². The van der Waals surface area contributed by atoms with Crippen molar-refractivity contribution in [3.8, 4) is 57.5 Å². The maximum absolute atomic E-state index is 11.5. The number of nitrogens with zero attached hydrogens (tertiary/aromatic N) is 4. The molecule has 0 aliphatic carbocycles. The van der Waals surface area contributed by atoms with Gasteiger partial charge in [0.05, 0.1) is 36.7 Å². The van der Waals surface area contributed by atoms with Gasteiger partial charge in [0.1, 0.15) is 12.1 Å². The Labute approximate surface area is 290 Å². The minimum atomic E-state index is 0.0770. The molecule has 4 aromatic rings. The summed E-state index contributed by atoms with van der Waals surface area (Å²) in [5.74, 6) is 1.02. The number of hydrogen-bond donors (Lipinski definition) is 4. The molecular weight excluding hydrogens is 632 g/mol. The molecule has 2 atom stereocenters. The third-order valence-electron chi connectivity index (χ3n) is 9.04. The number of amides is 2. The predicted molar refractivity (Wildman–Crippen MR) is 187 cm³/mol. The molecule has 0 radical (unpaired) electrons. The van der Waals surface area contributed by atoms with Crippen LogP contribution >= 0.6 is 0 Å². The lowest BCUT2D eigenvalue weighted by atomic mass is 9.89. The summed E-state index contributed by atoms with van der Waals surface area (Å²) in [5, 5.41) is 33.6. The topological polar surface area (TPSA) is 174 Å². The number of hydrogen-bond acceptors (Lipinski definition) is 10. The number of nitriles is 2. The van der Waals surface area contributed by atoms with E-state index >= 15 is 0 Å². The standard InChI is InChI=1S/C38H38N8O4/c1-49-37-23(19-41-21-25-11-15-35(47)43-25)9-13-33(45-37)29-7-3-5-27(31(29)17-39)28-6-4-8-30(32(28)18-40)34-14-10-24(38(46-34)50-2)20-42-22-26-12-16-36(48)44-26/h3-10,13-14,25-26,41-42H,11-12,15-16,19-22H2,1-2H3,(H,43,47)(H,44,48)/t25-,26-/m0/s1. The first-order valence-corrected chi connectivity index (χ1v) is 16.6. The lowest BCUT2D eigenvalue weighted by Gasteiger charge is -2.16. The van der Waals surface area contributed by atoms with Gasteiger partial charge in [-0.3, -0.25) is 9.59 Å². The SMILES string of the molecule is COc1nc(-c2cccc(-c3cccc(-c4ccc(CNC[C@@H]5CCC(=O)N5)c(OC)n4)c3C#N)c2C#N)ccc1CNC[C@@H]1CCC(=O)N1. The maximum atomic E-state index is 11.5. The normalized spacial score (nSPS) is 16.7. The fourth-order valence-corrected chi connectivity index (χ4v) is 6.51. The van der Waals surface area contributed by atoms with Gasteiger partial charge < -0.3 is 30.7 Å². The Morgan fingerprint density at radius 3 is 1.46 bits per heavy atom. The summed E-state index contributed by atoms with van der Waals surface area (Å²) in [4.78, 5) is 32.5. The molecule has 2 saturated heterocycles. The number of benzene rings is 2. The van der Waals surface area contributed by atoms with E-state index in [1.165, 1.54) is 0 Å². The summed E-state index contributed by atoms with van der Waals surface area (Å²) in [6, 6.07) is 23.5. The third kappa shape index (κ3) is 7.42. The van der Waals surface area contributed by atoms with Crippen molar-refractivity contribution in [2.45, 2.75) is 50.9 Å². The van der Waals surface area contributed by atoms with Crippen molar-refractivity contribution < 1.29 is 19.1 Å². The van der Waals surface area contributed by atoms with Gasteiger partial charge in [-0.05, 0) is 25.0 Å². The summed E-state index contributed by atoms with van der Waals surface area (Å²) in [5.41, 5.74) is 6.00. The van der Waals surface area contributed by atoms with Crippen molar-refractivity contribution in [2.24, 2.45) is 0 Å². The highest BCUT2D eigenvalue weighted by atomic mass is 16.5. The van der Waals surface area contributed by atoms with Crippen LogP contribution in [-0.2, 0) is 22.7 Å². The molecule has 4 heterocycles. The zero-order valence-corrected chi connectivity index (χ0v) is 28.0. The van der Waals surface area contributed by atoms with Gasteiger partial charge in [0.25, 0.3) is 0 Å². The van der Waals surface area contributed by atoms with Gasteiger partial charge in [0, 0.05) is 84.5 Å². The van der Waals surface area contributed by atoms with E-state index < -0.39 is 0 Å². The molecule has 2 aliphatic heterocycles. The van der Waals surface area contributed by atoms with Crippen LogP contribution in [0.5, 0.6) is 11.8 Å². The quantitative estimate of drug-likeness (QED) is 0.163. The molecule has 0 saturated carbocycles. The molecule has 12 heteroatoms. The van der Waals surface area contributed by atoms with Crippen LogP contribution < -0.4 is 30.7 Å². The second-order valence-corrected chi connectivity index (χ2v) is 12.3. The predicted octanol–water partition coefficient (Wildman–Crippen LogP) is 3.97. The van der Waals surface area contributed by atoms with Gasteiger partial charge in [-0.2, -0.15) is 10.5 Å². The molecule has 2 amide bonds. The fraction of sp³-hybridized carbons (Fsp3) is 0.316. The number of carbonyl (C=O) groups is 2. The van der Waals surface area contributed by atoms with Crippen LogP contribution in [-0.4, -0.2) is 61.2 Å². The van der Waals surface area contributed by atoms with Gasteiger partial charge in [-0.1, -0.05) is 48.5 Å². The third-order valence-corrected chi connectivity index (χ3v) is 9.04. The van der Waals surface area contributed by atoms with E-state index in [-0.39, 0.29) is 23.9 Å². The van der Waals surface area contributed by atoms with Crippen molar-refractivity contribution >= 4 is 11.8 Å². The Bertz CT molecular complexity index is 1860. The van der Waals surface area contributed by atoms with E-state index in [0.29, 0.717) is 95.5 Å². The minimum Gasteiger partial charge on any atom is -0.481 e. The van der Waals surface area contributed by atoms with Crippen LogP contribution in [0.3, 0.4) is 0 Å². The number of rotatable bonds is 13. The first-order chi connectivity index (χ1) is 24.4. The number of ether oxygens (including phenoxy) is 2. The molecule has 2 aliphatic rings. The molecule has 2 fully saturated rings. The molecule has 6 rings (SSSR count). The van der Waals surface area contributed by atoms with Gasteiger partial charge in [0.15, 0.2) is 0 Å². The average molecular weight is 671 g/mol. The van der Waals surface area contributed by atoms with Crippen molar-refractivity contribution in [2.75, 3.05) is 27.3 Å². The molecule has 2 aromatic carbocycles. The molecular formula is C38H38N8O4. The Hall–Kier alpha value is -5.82. The van der Waals surface area contributed by atoms with Gasteiger partial charge in [-0.25, -0.2) is 9.97 Å². The van der Waals surface area contributed by atoms with E-state index in [1.807, 2.05) is 60.7 Å². The van der Waals surface area contributed by atoms with E-state index in [9.17, 15) is 20.1 Å². The Morgan fingerprint density at radius 1 is 0.680 bits per heavy atom. The first-order valence-electron chi connectivity index (χ1n) is 16.6. The number of nitrogens with one attached hydrogen (secondary N) is 4. The molecule has 4 N–H and O–H groups in total. The molecule has 254 valence electrons. The minimum absolute atomic E-state index is 0.0770. The Morgan fingerprint density at radius 2 is 1.10 bits per heavy atom. The average Bonchev–Trinajstić information content (AvgIpc) is 3.77. The Balaban J connectivity index is 1.26. The molecule has 12 nitrogen and oxygen atoms in total. The summed E-state index contributed by atoms with van der Waals surface area (Å²) in [6.45, 7) is 2.29. The highest BCUT2D eigenvalue weighted by Gasteiger charge is 2.23. The van der Waals surface area contributed by atoms with Crippen molar-refractivity contribution in [3.05, 3.63) is 82.9 Å². The number of pyridine rings is 2. The summed E-state index contributed by atoms with van der Waals surface area (Å²) >= 11 is 0. The number of aromatic nitrogens is 2. The smallest absolute Gasteiger partial charge is 0.220 e. The molecule has 2 aromatic heterocycles. The van der Waals surface area contributed by atoms with Crippen molar-refractivity contribution in [1.82, 2.24) is 31.2 Å². The largest absolute Gasteiger partial charge is 0.481 e. The summed E-state index contributed by atoms with van der Waals surface area (Å²) < 4.78 is 11.3. The second kappa shape index (κ2) is 15.6. The van der Waals surface area contributed by atoms with E-state index in [1.54, 1.807) is 14.2 Å². The number of carbonyl (C=O) groups excluding carboxylic acids is 2. The van der Waals surface area contributed by atoms with Crippen LogP contribution in [0.25, 0.3) is 33.6 Å². The zero-order valence-electron chi connectivity index (χ0n) is 28.0. The van der Waals surface area contributed by atoms with E-state index in [0.717, 1.165) is 24.0 Å². The number of methoxy groups -OCH3 is 2. The second-order valence-electron chi connectivity index (χ2n) is 12.3. The van der Waals surface area contributed by atoms with Crippen molar-refractivity contribution in [3.63, 3.8) is 0 Å². The summed E-state index contributed by atoms with van der Waals surface area (Å²) in [6.07, 6.45) is 2.72. The molecule has 0 unspecified atom stereocenters. The Kier molecular flexibility index (Phi) is 10.6. The van der Waals surface area contributed by atoms with Crippen LogP contribution in [0, 0.1) is 22.7 Å². The molecule has 0 bridgehead atoms. The first kappa shape index (κ1) is 34.1. The van der Waals surface area contributed by atoms with E-state index in [4.69, 9.17) is 19.4 Å². The van der Waals surface area contributed by atoms with Crippen LogP contribution in [0.15, 0.2) is 60.7 Å². The molecule has 50 heavy (non-hydrogen) atoms. The van der Waals surface area contributed by atoms with Gasteiger partial charge in [-0.15, -0.1) is 0 Å². The van der Waals surface area contributed by atoms with E-state index in [2.05, 4.69) is 33.4 Å². The van der Waals surface area contributed by atoms with Crippen molar-refractivity contribution in [1.29, 1.82) is 10.5 Å². The van der Waals surface area contributed by atoms with Gasteiger partial charge in [0.2, 0.25) is 23.6 Å². The zero-order chi connectivity index (χ0) is 35.0. The fourth-order valence-electron chi connectivity index (χ4n) is 6.51. The monoisotopic (exact) mass is 670 g/mol. The highest BCUT2D eigenvalue weighted by molar-refractivity contribution is 5.87. The lowest BCUT2D eigenvalue weighted by Crippen LogP contribution is -2.35.